The minimum Gasteiger partial charge on any atom is -0.330 e. The van der Waals surface area contributed by atoms with Gasteiger partial charge in [-0.15, -0.1) is 0 Å². The lowest BCUT2D eigenvalue weighted by atomic mass is 10.1. The van der Waals surface area contributed by atoms with Gasteiger partial charge in [-0.2, -0.15) is 0 Å². The topological polar surface area (TPSA) is 26.0 Å². The van der Waals surface area contributed by atoms with E-state index in [4.69, 9.17) is 5.73 Å². The molecule has 0 heterocycles. The summed E-state index contributed by atoms with van der Waals surface area (Å²) in [6.07, 6.45) is 5.52. The van der Waals surface area contributed by atoms with Crippen molar-refractivity contribution in [3.05, 3.63) is 35.4 Å². The maximum atomic E-state index is 5.50. The van der Waals surface area contributed by atoms with E-state index in [0.29, 0.717) is 0 Å². The summed E-state index contributed by atoms with van der Waals surface area (Å²) in [5.74, 6) is 6.43. The fourth-order valence-corrected chi connectivity index (χ4v) is 1.54. The van der Waals surface area contributed by atoms with Gasteiger partial charge in [0.25, 0.3) is 0 Å². The molecule has 0 saturated heterocycles. The van der Waals surface area contributed by atoms with E-state index < -0.39 is 0 Å². The van der Waals surface area contributed by atoms with Crippen LogP contribution in [-0.4, -0.2) is 6.54 Å². The highest BCUT2D eigenvalue weighted by molar-refractivity contribution is 5.37. The SMILES string of the molecule is CCCCC#Cc1cccc(CCCN)c1. The number of aryl methyl sites for hydroxylation is 1. The summed E-state index contributed by atoms with van der Waals surface area (Å²) < 4.78 is 0. The Morgan fingerprint density at radius 3 is 2.88 bits per heavy atom. The van der Waals surface area contributed by atoms with Crippen molar-refractivity contribution in [3.63, 3.8) is 0 Å². The van der Waals surface area contributed by atoms with E-state index in [-0.39, 0.29) is 0 Å². The maximum absolute atomic E-state index is 5.50. The van der Waals surface area contributed by atoms with E-state index in [2.05, 4.69) is 43.0 Å². The number of hydrogen-bond acceptors (Lipinski definition) is 1. The van der Waals surface area contributed by atoms with Gasteiger partial charge in [0.15, 0.2) is 0 Å². The molecule has 1 nitrogen and oxygen atoms in total. The molecule has 0 fully saturated rings. The van der Waals surface area contributed by atoms with Crippen LogP contribution in [0.2, 0.25) is 0 Å². The van der Waals surface area contributed by atoms with E-state index in [1.807, 2.05) is 0 Å². The minimum atomic E-state index is 0.756. The summed E-state index contributed by atoms with van der Waals surface area (Å²) in [6.45, 7) is 2.95. The van der Waals surface area contributed by atoms with Gasteiger partial charge in [0, 0.05) is 12.0 Å². The third kappa shape index (κ3) is 5.00. The second-order valence-electron chi connectivity index (χ2n) is 4.00. The summed E-state index contributed by atoms with van der Waals surface area (Å²) in [6, 6.07) is 8.47. The van der Waals surface area contributed by atoms with Crippen LogP contribution < -0.4 is 5.73 Å². The fourth-order valence-electron chi connectivity index (χ4n) is 1.54. The molecule has 0 saturated carbocycles. The summed E-state index contributed by atoms with van der Waals surface area (Å²) in [5.41, 5.74) is 7.97. The van der Waals surface area contributed by atoms with Crippen LogP contribution in [0, 0.1) is 11.8 Å². The molecule has 0 amide bonds. The monoisotopic (exact) mass is 215 g/mol. The van der Waals surface area contributed by atoms with E-state index in [9.17, 15) is 0 Å². The van der Waals surface area contributed by atoms with Crippen LogP contribution >= 0.6 is 0 Å². The Morgan fingerprint density at radius 2 is 2.12 bits per heavy atom. The average molecular weight is 215 g/mol. The molecule has 0 aliphatic heterocycles. The third-order valence-corrected chi connectivity index (χ3v) is 2.48. The molecular weight excluding hydrogens is 194 g/mol. The Bertz CT molecular complexity index is 357. The molecule has 86 valence electrons. The van der Waals surface area contributed by atoms with Crippen molar-refractivity contribution in [2.45, 2.75) is 39.0 Å². The lowest BCUT2D eigenvalue weighted by Gasteiger charge is -1.99. The lowest BCUT2D eigenvalue weighted by Crippen LogP contribution is -2.00. The van der Waals surface area contributed by atoms with Crippen molar-refractivity contribution in [3.8, 4) is 11.8 Å². The molecule has 0 atom stereocenters. The van der Waals surface area contributed by atoms with E-state index >= 15 is 0 Å². The summed E-state index contributed by atoms with van der Waals surface area (Å²) in [5, 5.41) is 0. The molecule has 0 spiro atoms. The fraction of sp³-hybridized carbons (Fsp3) is 0.467. The molecule has 1 rings (SSSR count). The molecular formula is C15H21N. The van der Waals surface area contributed by atoms with E-state index in [1.165, 1.54) is 18.4 Å². The van der Waals surface area contributed by atoms with Crippen LogP contribution in [0.25, 0.3) is 0 Å². The Labute approximate surface area is 99.1 Å². The minimum absolute atomic E-state index is 0.756. The summed E-state index contributed by atoms with van der Waals surface area (Å²) in [4.78, 5) is 0. The Kier molecular flexibility index (Phi) is 6.37. The normalized spacial score (nSPS) is 9.62. The van der Waals surface area contributed by atoms with Gasteiger partial charge in [-0.3, -0.25) is 0 Å². The molecule has 0 aromatic heterocycles. The van der Waals surface area contributed by atoms with Gasteiger partial charge < -0.3 is 5.73 Å². The van der Waals surface area contributed by atoms with E-state index in [0.717, 1.165) is 31.4 Å². The highest BCUT2D eigenvalue weighted by Crippen LogP contribution is 2.06. The van der Waals surface area contributed by atoms with Gasteiger partial charge >= 0.3 is 0 Å². The first kappa shape index (κ1) is 12.8. The number of nitrogens with two attached hydrogens (primary N) is 1. The van der Waals surface area contributed by atoms with Crippen LogP contribution in [0.5, 0.6) is 0 Å². The zero-order valence-corrected chi connectivity index (χ0v) is 10.1. The van der Waals surface area contributed by atoms with Gasteiger partial charge in [-0.25, -0.2) is 0 Å². The first-order valence-corrected chi connectivity index (χ1v) is 6.14. The molecule has 1 heteroatoms. The molecule has 2 N–H and O–H groups in total. The molecule has 1 aromatic rings. The molecule has 0 bridgehead atoms. The smallest absolute Gasteiger partial charge is 0.0247 e. The Hall–Kier alpha value is -1.26. The molecule has 0 aliphatic carbocycles. The predicted octanol–water partition coefficient (Wildman–Crippen LogP) is 3.12. The summed E-state index contributed by atoms with van der Waals surface area (Å²) in [7, 11) is 0. The van der Waals surface area contributed by atoms with Gasteiger partial charge in [-0.05, 0) is 43.5 Å². The highest BCUT2D eigenvalue weighted by atomic mass is 14.5. The first-order chi connectivity index (χ1) is 7.86. The zero-order valence-electron chi connectivity index (χ0n) is 10.1. The predicted molar refractivity (Wildman–Crippen MR) is 70.2 cm³/mol. The van der Waals surface area contributed by atoms with Gasteiger partial charge in [0.2, 0.25) is 0 Å². The second-order valence-corrected chi connectivity index (χ2v) is 4.00. The first-order valence-electron chi connectivity index (χ1n) is 6.14. The Balaban J connectivity index is 2.55. The van der Waals surface area contributed by atoms with Crippen molar-refractivity contribution < 1.29 is 0 Å². The highest BCUT2D eigenvalue weighted by Gasteiger charge is 1.93. The van der Waals surface area contributed by atoms with Crippen molar-refractivity contribution in [1.29, 1.82) is 0 Å². The number of unbranched alkanes of at least 4 members (excludes halogenated alkanes) is 2. The lowest BCUT2D eigenvalue weighted by molar-refractivity contribution is 0.828. The second kappa shape index (κ2) is 7.96. The summed E-state index contributed by atoms with van der Waals surface area (Å²) >= 11 is 0. The zero-order chi connectivity index (χ0) is 11.6. The van der Waals surface area contributed by atoms with Gasteiger partial charge in [-0.1, -0.05) is 37.3 Å². The van der Waals surface area contributed by atoms with Crippen molar-refractivity contribution in [2.24, 2.45) is 5.73 Å². The quantitative estimate of drug-likeness (QED) is 0.592. The molecule has 0 radical (unpaired) electrons. The van der Waals surface area contributed by atoms with Gasteiger partial charge in [0.1, 0.15) is 0 Å². The standard InChI is InChI=1S/C15H21N/c1-2-3-4-5-8-14-9-6-10-15(13-14)11-7-12-16/h6,9-10,13H,2-4,7,11-12,16H2,1H3. The third-order valence-electron chi connectivity index (χ3n) is 2.48. The van der Waals surface area contributed by atoms with Crippen LogP contribution in [0.4, 0.5) is 0 Å². The van der Waals surface area contributed by atoms with Crippen LogP contribution in [0.3, 0.4) is 0 Å². The average Bonchev–Trinajstić information content (AvgIpc) is 2.33. The molecule has 0 unspecified atom stereocenters. The number of hydrogen-bond donors (Lipinski definition) is 1. The maximum Gasteiger partial charge on any atom is 0.0247 e. The van der Waals surface area contributed by atoms with Crippen molar-refractivity contribution in [1.82, 2.24) is 0 Å². The van der Waals surface area contributed by atoms with Crippen LogP contribution in [0.1, 0.15) is 43.7 Å². The molecule has 16 heavy (non-hydrogen) atoms. The number of rotatable bonds is 5. The van der Waals surface area contributed by atoms with Crippen molar-refractivity contribution >= 4 is 0 Å². The van der Waals surface area contributed by atoms with Crippen LogP contribution in [0.15, 0.2) is 24.3 Å². The number of benzene rings is 1. The van der Waals surface area contributed by atoms with Gasteiger partial charge in [0.05, 0.1) is 0 Å². The Morgan fingerprint density at radius 1 is 1.25 bits per heavy atom. The largest absolute Gasteiger partial charge is 0.330 e. The van der Waals surface area contributed by atoms with Crippen LogP contribution in [-0.2, 0) is 6.42 Å². The van der Waals surface area contributed by atoms with E-state index in [1.54, 1.807) is 0 Å². The molecule has 0 aliphatic rings. The molecule has 1 aromatic carbocycles. The van der Waals surface area contributed by atoms with Crippen molar-refractivity contribution in [2.75, 3.05) is 6.54 Å².